The summed E-state index contributed by atoms with van der Waals surface area (Å²) < 4.78 is 18.9. The molecule has 0 radical (unpaired) electrons. The van der Waals surface area contributed by atoms with Crippen LogP contribution in [-0.2, 0) is 11.4 Å². The van der Waals surface area contributed by atoms with Crippen LogP contribution in [0.2, 0.25) is 0 Å². The Hall–Kier alpha value is -2.66. The first kappa shape index (κ1) is 15.8. The molecular weight excluding hydrogens is 337 g/mol. The van der Waals surface area contributed by atoms with Crippen LogP contribution in [0.5, 0.6) is 5.75 Å². The van der Waals surface area contributed by atoms with Crippen LogP contribution in [0.15, 0.2) is 60.0 Å². The highest BCUT2D eigenvalue weighted by molar-refractivity contribution is 7.10. The zero-order valence-corrected chi connectivity index (χ0v) is 14.2. The Bertz CT molecular complexity index is 904. The van der Waals surface area contributed by atoms with Crippen LogP contribution >= 0.6 is 11.3 Å². The Morgan fingerprint density at radius 3 is 2.80 bits per heavy atom. The molecule has 3 nitrogen and oxygen atoms in total. The summed E-state index contributed by atoms with van der Waals surface area (Å²) >= 11 is 1.66. The molecule has 3 aromatic rings. The molecule has 4 rings (SSSR count). The molecule has 1 unspecified atom stereocenters. The molecule has 0 aliphatic carbocycles. The maximum atomic E-state index is 13.2. The Balaban J connectivity index is 1.48. The smallest absolute Gasteiger partial charge is 0.225 e. The van der Waals surface area contributed by atoms with Crippen molar-refractivity contribution in [1.82, 2.24) is 0 Å². The molecule has 1 aromatic heterocycles. The van der Waals surface area contributed by atoms with E-state index in [1.165, 1.54) is 17.0 Å². The van der Waals surface area contributed by atoms with Crippen molar-refractivity contribution < 1.29 is 13.9 Å². The monoisotopic (exact) mass is 353 g/mol. The van der Waals surface area contributed by atoms with Crippen molar-refractivity contribution in [2.45, 2.75) is 18.9 Å². The van der Waals surface area contributed by atoms with Gasteiger partial charge in [0.15, 0.2) is 0 Å². The van der Waals surface area contributed by atoms with Gasteiger partial charge in [0.2, 0.25) is 5.91 Å². The van der Waals surface area contributed by atoms with Crippen molar-refractivity contribution in [1.29, 1.82) is 0 Å². The highest BCUT2D eigenvalue weighted by atomic mass is 32.1. The van der Waals surface area contributed by atoms with E-state index in [9.17, 15) is 9.18 Å². The number of rotatable bonds is 4. The number of hydrogen-bond donors (Lipinski definition) is 1. The predicted octanol–water partition coefficient (Wildman–Crippen LogP) is 4.94. The fourth-order valence-corrected chi connectivity index (χ4v) is 4.01. The first-order valence-corrected chi connectivity index (χ1v) is 8.91. The van der Waals surface area contributed by atoms with Gasteiger partial charge in [0, 0.05) is 17.2 Å². The van der Waals surface area contributed by atoms with Gasteiger partial charge < -0.3 is 10.1 Å². The summed E-state index contributed by atoms with van der Waals surface area (Å²) in [6, 6.07) is 16.1. The molecule has 0 saturated carbocycles. The molecule has 2 aromatic carbocycles. The van der Waals surface area contributed by atoms with E-state index in [0.29, 0.717) is 13.0 Å². The number of carbonyl (C=O) groups is 1. The van der Waals surface area contributed by atoms with Crippen LogP contribution in [-0.4, -0.2) is 5.91 Å². The van der Waals surface area contributed by atoms with Gasteiger partial charge >= 0.3 is 0 Å². The average molecular weight is 353 g/mol. The quantitative estimate of drug-likeness (QED) is 0.721. The summed E-state index contributed by atoms with van der Waals surface area (Å²) in [6.45, 7) is 0.317. The lowest BCUT2D eigenvalue weighted by molar-refractivity contribution is -0.116. The van der Waals surface area contributed by atoms with Gasteiger partial charge in [-0.1, -0.05) is 24.3 Å². The fraction of sp³-hybridized carbons (Fsp3) is 0.150. The Morgan fingerprint density at radius 1 is 1.16 bits per heavy atom. The zero-order valence-electron chi connectivity index (χ0n) is 13.4. The van der Waals surface area contributed by atoms with Crippen LogP contribution in [0.25, 0.3) is 0 Å². The molecular formula is C20H16FNO2S. The summed E-state index contributed by atoms with van der Waals surface area (Å²) in [4.78, 5) is 13.1. The Morgan fingerprint density at radius 2 is 2.00 bits per heavy atom. The zero-order chi connectivity index (χ0) is 17.2. The first-order chi connectivity index (χ1) is 12.2. The van der Waals surface area contributed by atoms with Gasteiger partial charge in [-0.2, -0.15) is 0 Å². The maximum absolute atomic E-state index is 13.2. The SMILES string of the molecule is O=C1CC(c2ccc(OCc3cccc(F)c3)cc2)c2sccc2N1. The topological polar surface area (TPSA) is 38.3 Å². The number of thiophene rings is 1. The van der Waals surface area contributed by atoms with E-state index >= 15 is 0 Å². The molecule has 126 valence electrons. The molecule has 1 aliphatic rings. The third kappa shape index (κ3) is 3.42. The molecule has 1 aliphatic heterocycles. The van der Waals surface area contributed by atoms with Gasteiger partial charge in [-0.3, -0.25) is 4.79 Å². The summed E-state index contributed by atoms with van der Waals surface area (Å²) in [5.74, 6) is 0.585. The third-order valence-corrected chi connectivity index (χ3v) is 5.28. The largest absolute Gasteiger partial charge is 0.489 e. The molecule has 0 spiro atoms. The minimum Gasteiger partial charge on any atom is -0.489 e. The normalized spacial score (nSPS) is 16.2. The highest BCUT2D eigenvalue weighted by Crippen LogP contribution is 2.40. The number of anilines is 1. The summed E-state index contributed by atoms with van der Waals surface area (Å²) in [6.07, 6.45) is 0.455. The minimum atomic E-state index is -0.265. The molecule has 1 atom stereocenters. The number of nitrogens with one attached hydrogen (secondary N) is 1. The van der Waals surface area contributed by atoms with E-state index < -0.39 is 0 Å². The molecule has 5 heteroatoms. The molecule has 0 fully saturated rings. The minimum absolute atomic E-state index is 0.0438. The van der Waals surface area contributed by atoms with Crippen LogP contribution in [0.1, 0.15) is 28.3 Å². The highest BCUT2D eigenvalue weighted by Gasteiger charge is 2.27. The van der Waals surface area contributed by atoms with Crippen molar-refractivity contribution in [3.05, 3.63) is 81.8 Å². The number of halogens is 1. The number of carbonyl (C=O) groups excluding carboxylic acids is 1. The predicted molar refractivity (Wildman–Crippen MR) is 96.6 cm³/mol. The van der Waals surface area contributed by atoms with Gasteiger partial charge in [-0.05, 0) is 46.8 Å². The molecule has 0 saturated heterocycles. The number of ether oxygens (including phenoxy) is 1. The van der Waals surface area contributed by atoms with Gasteiger partial charge in [0.1, 0.15) is 18.2 Å². The molecule has 1 N–H and O–H groups in total. The van der Waals surface area contributed by atoms with Crippen molar-refractivity contribution in [3.8, 4) is 5.75 Å². The maximum Gasteiger partial charge on any atom is 0.225 e. The number of amides is 1. The molecule has 2 heterocycles. The lowest BCUT2D eigenvalue weighted by Gasteiger charge is -2.23. The summed E-state index contributed by atoms with van der Waals surface area (Å²) in [5.41, 5.74) is 2.80. The number of hydrogen-bond acceptors (Lipinski definition) is 3. The molecule has 25 heavy (non-hydrogen) atoms. The Labute approximate surface area is 149 Å². The van der Waals surface area contributed by atoms with Crippen molar-refractivity contribution in [2.24, 2.45) is 0 Å². The van der Waals surface area contributed by atoms with E-state index in [2.05, 4.69) is 5.32 Å². The fourth-order valence-electron chi connectivity index (χ4n) is 3.03. The lowest BCUT2D eigenvalue weighted by atomic mass is 9.91. The standard InChI is InChI=1S/C20H16FNO2S/c21-15-3-1-2-13(10-15)12-24-16-6-4-14(5-7-16)17-11-19(23)22-18-8-9-25-20(17)18/h1-10,17H,11-12H2,(H,22,23). The molecule has 1 amide bonds. The van der Waals surface area contributed by atoms with Crippen LogP contribution in [0.4, 0.5) is 10.1 Å². The third-order valence-electron chi connectivity index (χ3n) is 4.25. The average Bonchev–Trinajstić information content (AvgIpc) is 3.08. The number of benzene rings is 2. The van der Waals surface area contributed by atoms with Crippen molar-refractivity contribution >= 4 is 22.9 Å². The van der Waals surface area contributed by atoms with Gasteiger partial charge in [-0.15, -0.1) is 11.3 Å². The van der Waals surface area contributed by atoms with E-state index in [4.69, 9.17) is 4.74 Å². The van der Waals surface area contributed by atoms with E-state index in [-0.39, 0.29) is 17.6 Å². The van der Waals surface area contributed by atoms with Crippen LogP contribution in [0.3, 0.4) is 0 Å². The molecule has 0 bridgehead atoms. The van der Waals surface area contributed by atoms with Crippen LogP contribution < -0.4 is 10.1 Å². The van der Waals surface area contributed by atoms with E-state index in [1.54, 1.807) is 17.4 Å². The first-order valence-electron chi connectivity index (χ1n) is 8.03. The Kier molecular flexibility index (Phi) is 4.24. The van der Waals surface area contributed by atoms with Crippen molar-refractivity contribution in [3.63, 3.8) is 0 Å². The summed E-state index contributed by atoms with van der Waals surface area (Å²) in [5, 5.41) is 4.91. The number of fused-ring (bicyclic) bond motifs is 1. The second kappa shape index (κ2) is 6.69. The van der Waals surface area contributed by atoms with E-state index in [0.717, 1.165) is 22.6 Å². The van der Waals surface area contributed by atoms with Crippen LogP contribution in [0, 0.1) is 5.82 Å². The van der Waals surface area contributed by atoms with Crippen molar-refractivity contribution in [2.75, 3.05) is 5.32 Å². The summed E-state index contributed by atoms with van der Waals surface area (Å²) in [7, 11) is 0. The van der Waals surface area contributed by atoms with Gasteiger partial charge in [-0.25, -0.2) is 4.39 Å². The van der Waals surface area contributed by atoms with Gasteiger partial charge in [0.25, 0.3) is 0 Å². The second-order valence-corrected chi connectivity index (χ2v) is 6.94. The second-order valence-electron chi connectivity index (χ2n) is 5.99. The van der Waals surface area contributed by atoms with E-state index in [1.807, 2.05) is 41.8 Å². The lowest BCUT2D eigenvalue weighted by Crippen LogP contribution is -2.21. The van der Waals surface area contributed by atoms with Gasteiger partial charge in [0.05, 0.1) is 5.69 Å².